The maximum Gasteiger partial charge on any atom is 0.416 e. The third kappa shape index (κ3) is 5.25. The number of benzene rings is 2. The monoisotopic (exact) mass is 468 g/mol. The highest BCUT2D eigenvalue weighted by atomic mass is 32.2. The quantitative estimate of drug-likeness (QED) is 0.357. The minimum Gasteiger partial charge on any atom is -0.452 e. The normalized spacial score (nSPS) is 13.8. The van der Waals surface area contributed by atoms with Crippen molar-refractivity contribution in [1.82, 2.24) is 4.90 Å². The number of nitrogens with zero attached hydrogens (tertiary/aromatic N) is 2. The fraction of sp³-hybridized carbons (Fsp3) is 0.250. The van der Waals surface area contributed by atoms with E-state index in [1.807, 2.05) is 0 Å². The van der Waals surface area contributed by atoms with Gasteiger partial charge in [0.05, 0.1) is 20.9 Å². The van der Waals surface area contributed by atoms with Gasteiger partial charge in [0, 0.05) is 23.9 Å². The molecule has 32 heavy (non-hydrogen) atoms. The van der Waals surface area contributed by atoms with E-state index in [1.54, 1.807) is 0 Å². The number of halogens is 3. The number of nitro groups is 1. The van der Waals surface area contributed by atoms with E-state index in [2.05, 4.69) is 0 Å². The van der Waals surface area contributed by atoms with Crippen molar-refractivity contribution in [3.63, 3.8) is 0 Å². The van der Waals surface area contributed by atoms with Gasteiger partial charge in [-0.25, -0.2) is 4.79 Å². The molecule has 0 atom stereocenters. The number of likely N-dealkylation sites (tertiary alicyclic amines) is 1. The minimum atomic E-state index is -4.75. The first-order valence-electron chi connectivity index (χ1n) is 9.21. The first kappa shape index (κ1) is 23.3. The molecule has 12 heteroatoms. The summed E-state index contributed by atoms with van der Waals surface area (Å²) in [6.45, 7) is -0.413. The smallest absolute Gasteiger partial charge is 0.416 e. The lowest BCUT2D eigenvalue weighted by molar-refractivity contribution is -0.388. The number of esters is 1. The first-order chi connectivity index (χ1) is 15.1. The average molecular weight is 468 g/mol. The van der Waals surface area contributed by atoms with Gasteiger partial charge < -0.3 is 4.74 Å². The number of hydrogen-bond acceptors (Lipinski definition) is 7. The summed E-state index contributed by atoms with van der Waals surface area (Å²) in [7, 11) is 0. The van der Waals surface area contributed by atoms with Gasteiger partial charge in [0.1, 0.15) is 0 Å². The third-order valence-corrected chi connectivity index (χ3v) is 5.65. The SMILES string of the molecule is O=C(OCC(=O)N1CCCC1=O)c1ccccc1Sc1ccc(C(F)(F)F)cc1[N+](=O)[O-]. The van der Waals surface area contributed by atoms with Crippen LogP contribution in [-0.2, 0) is 20.5 Å². The predicted octanol–water partition coefficient (Wildman–Crippen LogP) is 4.07. The van der Waals surface area contributed by atoms with Gasteiger partial charge in [-0.05, 0) is 30.7 Å². The van der Waals surface area contributed by atoms with E-state index in [0.29, 0.717) is 18.6 Å². The van der Waals surface area contributed by atoms with E-state index in [-0.39, 0.29) is 34.2 Å². The second-order valence-electron chi connectivity index (χ2n) is 6.65. The summed E-state index contributed by atoms with van der Waals surface area (Å²) in [4.78, 5) is 47.6. The van der Waals surface area contributed by atoms with Crippen molar-refractivity contribution in [2.45, 2.75) is 28.8 Å². The van der Waals surface area contributed by atoms with Gasteiger partial charge in [0.25, 0.3) is 11.6 Å². The fourth-order valence-corrected chi connectivity index (χ4v) is 3.98. The topological polar surface area (TPSA) is 107 Å². The van der Waals surface area contributed by atoms with E-state index < -0.39 is 40.8 Å². The number of nitro benzene ring substituents is 1. The van der Waals surface area contributed by atoms with Crippen LogP contribution in [0.2, 0.25) is 0 Å². The second-order valence-corrected chi connectivity index (χ2v) is 7.74. The van der Waals surface area contributed by atoms with Gasteiger partial charge in [-0.2, -0.15) is 13.2 Å². The molecule has 1 aliphatic heterocycles. The van der Waals surface area contributed by atoms with Gasteiger partial charge in [0.2, 0.25) is 5.91 Å². The summed E-state index contributed by atoms with van der Waals surface area (Å²) in [6, 6.07) is 7.91. The van der Waals surface area contributed by atoms with Crippen LogP contribution in [0.25, 0.3) is 0 Å². The molecule has 0 spiro atoms. The Morgan fingerprint density at radius 1 is 1.16 bits per heavy atom. The number of rotatable bonds is 6. The van der Waals surface area contributed by atoms with Gasteiger partial charge in [0.15, 0.2) is 6.61 Å². The van der Waals surface area contributed by atoms with Gasteiger partial charge in [-0.1, -0.05) is 23.9 Å². The molecular weight excluding hydrogens is 453 g/mol. The molecule has 3 rings (SSSR count). The Bertz CT molecular complexity index is 1090. The number of imide groups is 1. The highest BCUT2D eigenvalue weighted by molar-refractivity contribution is 7.99. The lowest BCUT2D eigenvalue weighted by Gasteiger charge is -2.14. The molecule has 0 radical (unpaired) electrons. The fourth-order valence-electron chi connectivity index (χ4n) is 2.96. The van der Waals surface area contributed by atoms with E-state index in [9.17, 15) is 37.7 Å². The van der Waals surface area contributed by atoms with Gasteiger partial charge >= 0.3 is 12.1 Å². The predicted molar refractivity (Wildman–Crippen MR) is 105 cm³/mol. The summed E-state index contributed by atoms with van der Waals surface area (Å²) < 4.78 is 43.7. The Morgan fingerprint density at radius 3 is 2.50 bits per heavy atom. The van der Waals surface area contributed by atoms with E-state index >= 15 is 0 Å². The van der Waals surface area contributed by atoms with Crippen molar-refractivity contribution in [3.05, 3.63) is 63.7 Å². The molecule has 1 aliphatic rings. The minimum absolute atomic E-state index is 0.0350. The maximum absolute atomic E-state index is 12.9. The van der Waals surface area contributed by atoms with Crippen molar-refractivity contribution in [1.29, 1.82) is 0 Å². The van der Waals surface area contributed by atoms with E-state index in [0.717, 1.165) is 22.7 Å². The van der Waals surface area contributed by atoms with Crippen LogP contribution in [0.5, 0.6) is 0 Å². The van der Waals surface area contributed by atoms with Crippen LogP contribution < -0.4 is 0 Å². The second kappa shape index (κ2) is 9.39. The Balaban J connectivity index is 1.79. The number of ether oxygens (including phenoxy) is 1. The highest BCUT2D eigenvalue weighted by Crippen LogP contribution is 2.40. The molecule has 0 aromatic heterocycles. The molecule has 0 saturated carbocycles. The Labute approximate surface area is 183 Å². The highest BCUT2D eigenvalue weighted by Gasteiger charge is 2.33. The van der Waals surface area contributed by atoms with Crippen LogP contribution in [0, 0.1) is 10.1 Å². The van der Waals surface area contributed by atoms with Crippen molar-refractivity contribution in [3.8, 4) is 0 Å². The average Bonchev–Trinajstić information content (AvgIpc) is 3.17. The maximum atomic E-state index is 12.9. The molecule has 8 nitrogen and oxygen atoms in total. The summed E-state index contributed by atoms with van der Waals surface area (Å²) in [5, 5.41) is 11.3. The van der Waals surface area contributed by atoms with Crippen molar-refractivity contribution in [2.75, 3.05) is 13.2 Å². The lowest BCUT2D eigenvalue weighted by atomic mass is 10.2. The number of amides is 2. The zero-order chi connectivity index (χ0) is 23.5. The van der Waals surface area contributed by atoms with E-state index in [4.69, 9.17) is 4.74 Å². The standard InChI is InChI=1S/C20H15F3N2O6S/c21-20(22,23)12-7-8-16(14(10-12)25(29)30)32-15-5-2-1-4-13(15)19(28)31-11-18(27)24-9-3-6-17(24)26/h1-2,4-5,7-8,10H,3,6,9,11H2. The molecule has 1 heterocycles. The molecule has 2 amide bonds. The Hall–Kier alpha value is -3.41. The molecule has 0 unspecified atom stereocenters. The molecule has 1 saturated heterocycles. The van der Waals surface area contributed by atoms with Crippen molar-refractivity contribution in [2.24, 2.45) is 0 Å². The zero-order valence-corrected chi connectivity index (χ0v) is 17.1. The molecule has 168 valence electrons. The van der Waals surface area contributed by atoms with Crippen LogP contribution in [-0.4, -0.2) is 40.8 Å². The summed E-state index contributed by atoms with van der Waals surface area (Å²) in [6.07, 6.45) is -3.98. The molecule has 2 aromatic carbocycles. The van der Waals surface area contributed by atoms with E-state index in [1.165, 1.54) is 24.3 Å². The number of carbonyl (C=O) groups excluding carboxylic acids is 3. The summed E-state index contributed by atoms with van der Waals surface area (Å²) in [5.41, 5.74) is -1.97. The number of carbonyl (C=O) groups is 3. The van der Waals surface area contributed by atoms with Crippen LogP contribution in [0.15, 0.2) is 52.3 Å². The summed E-state index contributed by atoms with van der Waals surface area (Å²) >= 11 is 0.717. The van der Waals surface area contributed by atoms with Crippen molar-refractivity contribution < 1.29 is 37.2 Å². The molecular formula is C20H15F3N2O6S. The van der Waals surface area contributed by atoms with Crippen LogP contribution in [0.4, 0.5) is 18.9 Å². The molecule has 2 aromatic rings. The largest absolute Gasteiger partial charge is 0.452 e. The van der Waals surface area contributed by atoms with Gasteiger partial charge in [-0.15, -0.1) is 0 Å². The Kier molecular flexibility index (Phi) is 6.82. The van der Waals surface area contributed by atoms with Crippen LogP contribution in [0.1, 0.15) is 28.8 Å². The third-order valence-electron chi connectivity index (χ3n) is 4.51. The Morgan fingerprint density at radius 2 is 1.88 bits per heavy atom. The molecule has 0 aliphatic carbocycles. The molecule has 0 N–H and O–H groups in total. The lowest BCUT2D eigenvalue weighted by Crippen LogP contribution is -2.35. The van der Waals surface area contributed by atoms with Crippen molar-refractivity contribution >= 4 is 35.2 Å². The summed E-state index contributed by atoms with van der Waals surface area (Å²) in [5.74, 6) is -1.93. The van der Waals surface area contributed by atoms with Gasteiger partial charge in [-0.3, -0.25) is 24.6 Å². The van der Waals surface area contributed by atoms with Crippen LogP contribution in [0.3, 0.4) is 0 Å². The number of hydrogen-bond donors (Lipinski definition) is 0. The molecule has 1 fully saturated rings. The molecule has 0 bridgehead atoms. The number of alkyl halides is 3. The zero-order valence-electron chi connectivity index (χ0n) is 16.3. The first-order valence-corrected chi connectivity index (χ1v) is 10.0. The van der Waals surface area contributed by atoms with Crippen LogP contribution >= 0.6 is 11.8 Å².